The molecule has 0 unspecified atom stereocenters. The molecule has 114 valence electrons. The minimum Gasteiger partial charge on any atom is -0.294 e. The molecule has 0 bridgehead atoms. The van der Waals surface area contributed by atoms with Gasteiger partial charge in [0, 0.05) is 6.42 Å². The van der Waals surface area contributed by atoms with Gasteiger partial charge >= 0.3 is 0 Å². The van der Waals surface area contributed by atoms with E-state index in [1.807, 2.05) is 35.6 Å². The van der Waals surface area contributed by atoms with Crippen LogP contribution in [0.1, 0.15) is 24.8 Å². The van der Waals surface area contributed by atoms with E-state index in [0.717, 1.165) is 15.6 Å². The lowest BCUT2D eigenvalue weighted by Crippen LogP contribution is -2.16. The molecule has 6 heteroatoms. The Bertz CT molecular complexity index is 647. The molecule has 1 atom stereocenters. The molecule has 0 N–H and O–H groups in total. The van der Waals surface area contributed by atoms with Gasteiger partial charge in [-0.1, -0.05) is 23.8 Å². The van der Waals surface area contributed by atoms with E-state index in [1.54, 1.807) is 24.3 Å². The number of allylic oxidation sites excluding steroid dienone is 2. The van der Waals surface area contributed by atoms with Crippen molar-refractivity contribution in [2.75, 3.05) is 6.61 Å². The van der Waals surface area contributed by atoms with Gasteiger partial charge in [0.2, 0.25) is 0 Å². The average molecular weight is 420 g/mol. The van der Waals surface area contributed by atoms with E-state index in [2.05, 4.69) is 0 Å². The van der Waals surface area contributed by atoms with E-state index in [0.29, 0.717) is 12.8 Å². The summed E-state index contributed by atoms with van der Waals surface area (Å²) < 4.78 is 29.8. The van der Waals surface area contributed by atoms with E-state index in [4.69, 9.17) is 4.18 Å². The largest absolute Gasteiger partial charge is 0.296 e. The topological polar surface area (TPSA) is 60.4 Å². The number of ketones is 1. The van der Waals surface area contributed by atoms with Crippen molar-refractivity contribution in [3.63, 3.8) is 0 Å². The Morgan fingerprint density at radius 1 is 1.29 bits per heavy atom. The van der Waals surface area contributed by atoms with Gasteiger partial charge in [0.05, 0.1) is 15.1 Å². The van der Waals surface area contributed by atoms with Crippen molar-refractivity contribution in [1.82, 2.24) is 0 Å². The Balaban J connectivity index is 1.88. The highest BCUT2D eigenvalue weighted by atomic mass is 127. The molecule has 0 saturated carbocycles. The molecule has 0 amide bonds. The van der Waals surface area contributed by atoms with Crippen molar-refractivity contribution >= 4 is 38.5 Å². The second-order valence-electron chi connectivity index (χ2n) is 5.16. The summed E-state index contributed by atoms with van der Waals surface area (Å²) in [6, 6.07) is 6.56. The predicted molar refractivity (Wildman–Crippen MR) is 88.8 cm³/mol. The van der Waals surface area contributed by atoms with Gasteiger partial charge in [-0.15, -0.1) is 0 Å². The minimum atomic E-state index is -3.70. The summed E-state index contributed by atoms with van der Waals surface area (Å²) in [5.74, 6) is 0.303. The quantitative estimate of drug-likeness (QED) is 0.541. The van der Waals surface area contributed by atoms with Crippen LogP contribution >= 0.6 is 22.6 Å². The third-order valence-corrected chi connectivity index (χ3v) is 5.81. The van der Waals surface area contributed by atoms with Crippen molar-refractivity contribution < 1.29 is 17.4 Å². The number of benzene rings is 1. The van der Waals surface area contributed by atoms with Crippen molar-refractivity contribution in [3.05, 3.63) is 39.5 Å². The number of aryl methyl sites for hydroxylation is 1. The van der Waals surface area contributed by atoms with Crippen LogP contribution in [0, 0.1) is 12.8 Å². The normalized spacial score (nSPS) is 19.4. The molecule has 1 aliphatic carbocycles. The summed E-state index contributed by atoms with van der Waals surface area (Å²) in [4.78, 5) is 11.8. The fraction of sp³-hybridized carbons (Fsp3) is 0.400. The van der Waals surface area contributed by atoms with Gasteiger partial charge in [-0.3, -0.25) is 8.98 Å². The maximum Gasteiger partial charge on any atom is 0.296 e. The standard InChI is InChI=1S/C15H17IO4S/c1-11-2-5-13(6-3-11)21(18,19)20-9-8-12-4-7-14(16)15(17)10-12/h2-3,5-7,12H,4,8-10H2,1H3/t12-/m0/s1. The monoisotopic (exact) mass is 420 g/mol. The molecule has 2 rings (SSSR count). The highest BCUT2D eigenvalue weighted by Crippen LogP contribution is 2.27. The second kappa shape index (κ2) is 7.02. The average Bonchev–Trinajstić information content (AvgIpc) is 2.43. The highest BCUT2D eigenvalue weighted by Gasteiger charge is 2.21. The van der Waals surface area contributed by atoms with E-state index in [9.17, 15) is 13.2 Å². The molecule has 0 saturated heterocycles. The van der Waals surface area contributed by atoms with Gasteiger partial charge < -0.3 is 0 Å². The molecule has 0 heterocycles. The van der Waals surface area contributed by atoms with Crippen molar-refractivity contribution in [2.24, 2.45) is 5.92 Å². The number of Topliss-reactive ketones (excluding diaryl/α,β-unsaturated/α-hetero) is 1. The molecule has 0 fully saturated rings. The summed E-state index contributed by atoms with van der Waals surface area (Å²) in [6.07, 6.45) is 3.75. The number of carbonyl (C=O) groups excluding carboxylic acids is 1. The fourth-order valence-electron chi connectivity index (χ4n) is 2.14. The minimum absolute atomic E-state index is 0.110. The van der Waals surface area contributed by atoms with E-state index < -0.39 is 10.1 Å². The maximum absolute atomic E-state index is 12.0. The van der Waals surface area contributed by atoms with Crippen LogP contribution in [0.3, 0.4) is 0 Å². The first-order chi connectivity index (χ1) is 9.88. The third-order valence-electron chi connectivity index (χ3n) is 3.45. The first-order valence-electron chi connectivity index (χ1n) is 6.73. The molecule has 0 aliphatic heterocycles. The first-order valence-corrected chi connectivity index (χ1v) is 9.22. The fourth-order valence-corrected chi connectivity index (χ4v) is 3.54. The maximum atomic E-state index is 12.0. The zero-order valence-electron chi connectivity index (χ0n) is 11.7. The number of hydrogen-bond acceptors (Lipinski definition) is 4. The Hall–Kier alpha value is -0.730. The Labute approximate surface area is 138 Å². The smallest absolute Gasteiger partial charge is 0.294 e. The lowest BCUT2D eigenvalue weighted by atomic mass is 9.91. The first kappa shape index (κ1) is 16.6. The van der Waals surface area contributed by atoms with Crippen LogP contribution in [0.2, 0.25) is 0 Å². The van der Waals surface area contributed by atoms with Crippen LogP contribution in [0.4, 0.5) is 0 Å². The highest BCUT2D eigenvalue weighted by molar-refractivity contribution is 14.1. The number of rotatable bonds is 5. The van der Waals surface area contributed by atoms with E-state index in [-0.39, 0.29) is 23.2 Å². The molecule has 4 nitrogen and oxygen atoms in total. The molecule has 0 radical (unpaired) electrons. The lowest BCUT2D eigenvalue weighted by molar-refractivity contribution is -0.116. The van der Waals surface area contributed by atoms with Gasteiger partial charge in [-0.05, 0) is 60.4 Å². The van der Waals surface area contributed by atoms with Gasteiger partial charge in [-0.2, -0.15) is 8.42 Å². The second-order valence-corrected chi connectivity index (χ2v) is 7.94. The van der Waals surface area contributed by atoms with Crippen LogP contribution in [0.15, 0.2) is 38.8 Å². The predicted octanol–water partition coefficient (Wildman–Crippen LogP) is 3.39. The van der Waals surface area contributed by atoms with Crippen molar-refractivity contribution in [2.45, 2.75) is 31.1 Å². The Morgan fingerprint density at radius 2 is 1.95 bits per heavy atom. The Kier molecular flexibility index (Phi) is 5.56. The number of halogens is 1. The molecular weight excluding hydrogens is 403 g/mol. The van der Waals surface area contributed by atoms with E-state index >= 15 is 0 Å². The van der Waals surface area contributed by atoms with Gasteiger partial charge in [0.1, 0.15) is 0 Å². The van der Waals surface area contributed by atoms with Gasteiger partial charge in [0.15, 0.2) is 5.78 Å². The zero-order valence-corrected chi connectivity index (χ0v) is 14.7. The molecule has 1 aliphatic rings. The third kappa shape index (κ3) is 4.62. The van der Waals surface area contributed by atoms with E-state index in [1.165, 1.54) is 0 Å². The lowest BCUT2D eigenvalue weighted by Gasteiger charge is -2.18. The molecule has 21 heavy (non-hydrogen) atoms. The van der Waals surface area contributed by atoms with Crippen molar-refractivity contribution in [3.8, 4) is 0 Å². The number of hydrogen-bond donors (Lipinski definition) is 0. The van der Waals surface area contributed by atoms with Gasteiger partial charge in [-0.25, -0.2) is 0 Å². The number of carbonyl (C=O) groups is 1. The molecule has 0 aromatic heterocycles. The zero-order chi connectivity index (χ0) is 15.5. The van der Waals surface area contributed by atoms with Crippen LogP contribution in [-0.2, 0) is 19.1 Å². The van der Waals surface area contributed by atoms with Gasteiger partial charge in [0.25, 0.3) is 10.1 Å². The summed E-state index contributed by atoms with van der Waals surface area (Å²) in [6.45, 7) is 2.00. The molecule has 1 aromatic carbocycles. The summed E-state index contributed by atoms with van der Waals surface area (Å²) in [5, 5.41) is 0. The molecular formula is C15H17IO4S. The SMILES string of the molecule is Cc1ccc(S(=O)(=O)OCC[C@@H]2CC=C(I)C(=O)C2)cc1. The molecule has 0 spiro atoms. The van der Waals surface area contributed by atoms with Crippen molar-refractivity contribution in [1.29, 1.82) is 0 Å². The summed E-state index contributed by atoms with van der Waals surface area (Å²) >= 11 is 2.04. The molecule has 1 aromatic rings. The van der Waals surface area contributed by atoms with Crippen LogP contribution in [0.25, 0.3) is 0 Å². The Morgan fingerprint density at radius 3 is 2.57 bits per heavy atom. The summed E-state index contributed by atoms with van der Waals surface area (Å²) in [5.41, 5.74) is 0.996. The summed E-state index contributed by atoms with van der Waals surface area (Å²) in [7, 11) is -3.70. The van der Waals surface area contributed by atoms with Crippen LogP contribution in [0.5, 0.6) is 0 Å². The van der Waals surface area contributed by atoms with Crippen LogP contribution in [-0.4, -0.2) is 20.8 Å². The van der Waals surface area contributed by atoms with Crippen LogP contribution < -0.4 is 0 Å².